The fourth-order valence-corrected chi connectivity index (χ4v) is 4.67. The first-order valence-corrected chi connectivity index (χ1v) is 11.3. The summed E-state index contributed by atoms with van der Waals surface area (Å²) in [5, 5.41) is 15.2. The van der Waals surface area contributed by atoms with Crippen molar-refractivity contribution >= 4 is 55.9 Å². The third-order valence-electron chi connectivity index (χ3n) is 4.37. The van der Waals surface area contributed by atoms with Crippen LogP contribution in [0.4, 0.5) is 10.8 Å². The molecule has 0 aliphatic rings. The molecule has 2 aromatic heterocycles. The summed E-state index contributed by atoms with van der Waals surface area (Å²) >= 11 is 2.70. The highest BCUT2D eigenvalue weighted by molar-refractivity contribution is 7.99. The Hall–Kier alpha value is -3.24. The topological polar surface area (TPSA) is 102 Å². The average molecular weight is 453 g/mol. The van der Waals surface area contributed by atoms with E-state index in [9.17, 15) is 9.59 Å². The Morgan fingerprint density at radius 1 is 1.10 bits per heavy atom. The van der Waals surface area contributed by atoms with Crippen molar-refractivity contribution in [3.05, 3.63) is 59.9 Å². The van der Waals surface area contributed by atoms with Crippen LogP contribution in [0.1, 0.15) is 18.3 Å². The molecular weight excluding hydrogens is 432 g/mol. The second-order valence-electron chi connectivity index (χ2n) is 6.82. The minimum Gasteiger partial charge on any atom is -0.326 e. The summed E-state index contributed by atoms with van der Waals surface area (Å²) in [6, 6.07) is 15.5. The lowest BCUT2D eigenvalue weighted by molar-refractivity contribution is -0.114. The van der Waals surface area contributed by atoms with E-state index in [0.29, 0.717) is 22.5 Å². The zero-order valence-corrected chi connectivity index (χ0v) is 18.6. The largest absolute Gasteiger partial charge is 0.326 e. The predicted molar refractivity (Wildman–Crippen MR) is 124 cm³/mol. The molecule has 10 heteroatoms. The van der Waals surface area contributed by atoms with Gasteiger partial charge < -0.3 is 15.2 Å². The Bertz CT molecular complexity index is 1240. The number of benzene rings is 2. The number of carbonyl (C=O) groups is 2. The van der Waals surface area contributed by atoms with E-state index in [1.807, 2.05) is 54.0 Å². The number of hydrogen-bond donors (Lipinski definition) is 2. The summed E-state index contributed by atoms with van der Waals surface area (Å²) in [7, 11) is 0. The number of nitrogens with zero attached hydrogens (tertiary/aromatic N) is 4. The summed E-state index contributed by atoms with van der Waals surface area (Å²) in [4.78, 5) is 28.1. The second-order valence-corrected chi connectivity index (χ2v) is 8.79. The first-order chi connectivity index (χ1) is 15.0. The summed E-state index contributed by atoms with van der Waals surface area (Å²) < 4.78 is 2.88. The van der Waals surface area contributed by atoms with Gasteiger partial charge >= 0.3 is 0 Å². The molecule has 2 amide bonds. The number of carbonyl (C=O) groups excluding carboxylic acids is 2. The molecule has 2 aromatic carbocycles. The molecular formula is C21H20N6O2S2. The Morgan fingerprint density at radius 2 is 1.90 bits per heavy atom. The van der Waals surface area contributed by atoms with Crippen molar-refractivity contribution < 1.29 is 9.59 Å². The van der Waals surface area contributed by atoms with E-state index >= 15 is 0 Å². The highest BCUT2D eigenvalue weighted by atomic mass is 32.2. The quantitative estimate of drug-likeness (QED) is 0.412. The van der Waals surface area contributed by atoms with Crippen LogP contribution in [0.25, 0.3) is 10.2 Å². The molecule has 4 aromatic rings. The zero-order chi connectivity index (χ0) is 21.8. The molecule has 158 valence electrons. The molecule has 31 heavy (non-hydrogen) atoms. The van der Waals surface area contributed by atoms with Gasteiger partial charge in [-0.2, -0.15) is 0 Å². The van der Waals surface area contributed by atoms with Gasteiger partial charge in [0, 0.05) is 12.6 Å². The van der Waals surface area contributed by atoms with E-state index in [2.05, 4.69) is 25.8 Å². The third kappa shape index (κ3) is 5.28. The highest BCUT2D eigenvalue weighted by Crippen LogP contribution is 2.29. The Kier molecular flexibility index (Phi) is 6.28. The van der Waals surface area contributed by atoms with E-state index in [1.165, 1.54) is 30.0 Å². The van der Waals surface area contributed by atoms with Gasteiger partial charge in [-0.1, -0.05) is 53.4 Å². The smallest absolute Gasteiger partial charge is 0.236 e. The van der Waals surface area contributed by atoms with Crippen LogP contribution in [0.15, 0.2) is 53.7 Å². The number of aryl methyl sites for hydroxylation is 1. The number of thiazole rings is 1. The number of hydrogen-bond acceptors (Lipinski definition) is 7. The van der Waals surface area contributed by atoms with Crippen molar-refractivity contribution in [1.82, 2.24) is 19.7 Å². The molecule has 0 radical (unpaired) electrons. The molecule has 0 atom stereocenters. The van der Waals surface area contributed by atoms with Crippen LogP contribution < -0.4 is 10.6 Å². The lowest BCUT2D eigenvalue weighted by atomic mass is 10.2. The number of fused-ring (bicyclic) bond motifs is 1. The minimum absolute atomic E-state index is 0.134. The third-order valence-corrected chi connectivity index (χ3v) is 6.27. The van der Waals surface area contributed by atoms with Crippen LogP contribution >= 0.6 is 23.1 Å². The molecule has 0 fully saturated rings. The minimum atomic E-state index is -0.168. The highest BCUT2D eigenvalue weighted by Gasteiger charge is 2.14. The van der Waals surface area contributed by atoms with E-state index in [-0.39, 0.29) is 17.6 Å². The van der Waals surface area contributed by atoms with Crippen LogP contribution in [0.5, 0.6) is 0 Å². The van der Waals surface area contributed by atoms with Gasteiger partial charge in [-0.15, -0.1) is 10.2 Å². The molecule has 0 bridgehead atoms. The fraction of sp³-hybridized carbons (Fsp3) is 0.190. The maximum atomic E-state index is 12.5. The number of amides is 2. The van der Waals surface area contributed by atoms with Crippen molar-refractivity contribution in [2.24, 2.45) is 0 Å². The van der Waals surface area contributed by atoms with Gasteiger partial charge in [0.2, 0.25) is 11.8 Å². The van der Waals surface area contributed by atoms with Crippen molar-refractivity contribution in [3.8, 4) is 0 Å². The molecule has 0 saturated carbocycles. The standard InChI is InChI=1S/C21H20N6O2S2/c1-13-25-26-21(27(13)11-15-6-4-3-5-7-15)30-12-19(29)24-20-23-17-9-8-16(22-14(2)28)10-18(17)31-20/h3-10H,11-12H2,1-2H3,(H,22,28)(H,23,24,29). The van der Waals surface area contributed by atoms with Gasteiger partial charge in [-0.3, -0.25) is 9.59 Å². The lowest BCUT2D eigenvalue weighted by Gasteiger charge is -2.08. The molecule has 8 nitrogen and oxygen atoms in total. The number of anilines is 2. The summed E-state index contributed by atoms with van der Waals surface area (Å²) in [5.41, 5.74) is 2.61. The molecule has 0 saturated heterocycles. The maximum absolute atomic E-state index is 12.5. The van der Waals surface area contributed by atoms with Crippen molar-refractivity contribution in [1.29, 1.82) is 0 Å². The number of rotatable bonds is 7. The number of aromatic nitrogens is 4. The normalized spacial score (nSPS) is 10.9. The van der Waals surface area contributed by atoms with Crippen LogP contribution in [-0.4, -0.2) is 37.3 Å². The Balaban J connectivity index is 1.39. The molecule has 2 N–H and O–H groups in total. The average Bonchev–Trinajstić information content (AvgIpc) is 3.29. The first-order valence-electron chi connectivity index (χ1n) is 9.52. The van der Waals surface area contributed by atoms with Gasteiger partial charge in [0.15, 0.2) is 10.3 Å². The van der Waals surface area contributed by atoms with Gasteiger partial charge in [0.1, 0.15) is 5.82 Å². The Morgan fingerprint density at radius 3 is 2.68 bits per heavy atom. The lowest BCUT2D eigenvalue weighted by Crippen LogP contribution is -2.14. The molecule has 0 spiro atoms. The van der Waals surface area contributed by atoms with Gasteiger partial charge in [-0.25, -0.2) is 4.98 Å². The predicted octanol–water partition coefficient (Wildman–Crippen LogP) is 3.93. The summed E-state index contributed by atoms with van der Waals surface area (Å²) in [5.74, 6) is 0.690. The van der Waals surface area contributed by atoms with Gasteiger partial charge in [0.25, 0.3) is 0 Å². The van der Waals surface area contributed by atoms with Crippen molar-refractivity contribution in [2.75, 3.05) is 16.4 Å². The first kappa shape index (κ1) is 21.0. The number of nitrogens with one attached hydrogen (secondary N) is 2. The van der Waals surface area contributed by atoms with E-state index < -0.39 is 0 Å². The van der Waals surface area contributed by atoms with E-state index in [4.69, 9.17) is 0 Å². The van der Waals surface area contributed by atoms with Crippen LogP contribution in [0.2, 0.25) is 0 Å². The van der Waals surface area contributed by atoms with E-state index in [0.717, 1.165) is 21.6 Å². The van der Waals surface area contributed by atoms with E-state index in [1.54, 1.807) is 6.07 Å². The molecule has 4 rings (SSSR count). The maximum Gasteiger partial charge on any atom is 0.236 e. The number of thioether (sulfide) groups is 1. The summed E-state index contributed by atoms with van der Waals surface area (Å²) in [6.07, 6.45) is 0. The molecule has 0 aliphatic carbocycles. The van der Waals surface area contributed by atoms with Gasteiger partial charge in [-0.05, 0) is 30.7 Å². The van der Waals surface area contributed by atoms with Crippen LogP contribution in [-0.2, 0) is 16.1 Å². The van der Waals surface area contributed by atoms with Crippen molar-refractivity contribution in [2.45, 2.75) is 25.5 Å². The summed E-state index contributed by atoms with van der Waals surface area (Å²) in [6.45, 7) is 4.01. The molecule has 0 aliphatic heterocycles. The SMILES string of the molecule is CC(=O)Nc1ccc2nc(NC(=O)CSc3nnc(C)n3Cc3ccccc3)sc2c1. The fourth-order valence-electron chi connectivity index (χ4n) is 2.96. The molecule has 0 unspecified atom stereocenters. The second kappa shape index (κ2) is 9.27. The van der Waals surface area contributed by atoms with Crippen LogP contribution in [0, 0.1) is 6.92 Å². The Labute approximate surface area is 187 Å². The van der Waals surface area contributed by atoms with Gasteiger partial charge in [0.05, 0.1) is 22.5 Å². The molecule has 2 heterocycles. The van der Waals surface area contributed by atoms with Crippen molar-refractivity contribution in [3.63, 3.8) is 0 Å². The zero-order valence-electron chi connectivity index (χ0n) is 17.0. The van der Waals surface area contributed by atoms with Crippen LogP contribution in [0.3, 0.4) is 0 Å². The monoisotopic (exact) mass is 452 g/mol.